The van der Waals surface area contributed by atoms with Crippen LogP contribution in [0.15, 0.2) is 12.1 Å². The summed E-state index contributed by atoms with van der Waals surface area (Å²) in [7, 11) is 1.61. The summed E-state index contributed by atoms with van der Waals surface area (Å²) in [6, 6.07) is 3.97. The molecule has 2 N–H and O–H groups in total. The number of hydrogen-bond acceptors (Lipinski definition) is 3. The molecule has 2 unspecified atom stereocenters. The Morgan fingerprint density at radius 2 is 2.20 bits per heavy atom. The van der Waals surface area contributed by atoms with Crippen LogP contribution >= 0.6 is 11.6 Å². The van der Waals surface area contributed by atoms with Crippen LogP contribution in [-0.2, 0) is 4.79 Å². The molecule has 1 aromatic rings. The van der Waals surface area contributed by atoms with E-state index in [1.54, 1.807) is 7.11 Å². The number of rotatable bonds is 4. The lowest BCUT2D eigenvalue weighted by Gasteiger charge is -2.18. The summed E-state index contributed by atoms with van der Waals surface area (Å²) >= 11 is 6.29. The van der Waals surface area contributed by atoms with Crippen molar-refractivity contribution in [3.8, 4) is 5.75 Å². The van der Waals surface area contributed by atoms with Crippen LogP contribution in [0.3, 0.4) is 0 Å². The lowest BCUT2D eigenvalue weighted by Crippen LogP contribution is -2.17. The number of halogens is 1. The summed E-state index contributed by atoms with van der Waals surface area (Å²) in [5.74, 6) is -0.0793. The third kappa shape index (κ3) is 2.91. The fraction of sp³-hybridized carbons (Fsp3) is 0.533. The first-order valence-electron chi connectivity index (χ1n) is 6.77. The first kappa shape index (κ1) is 15.1. The predicted octanol–water partition coefficient (Wildman–Crippen LogP) is 3.21. The van der Waals surface area contributed by atoms with E-state index in [2.05, 4.69) is 25.2 Å². The molecule has 0 aliphatic carbocycles. The molecule has 2 rings (SSSR count). The Labute approximate surface area is 124 Å². The molecule has 0 spiro atoms. The normalized spacial score (nSPS) is 22.2. The number of nitrogens with one attached hydrogen (secondary N) is 1. The summed E-state index contributed by atoms with van der Waals surface area (Å²) < 4.78 is 5.37. The van der Waals surface area contributed by atoms with Gasteiger partial charge in [-0.15, -0.1) is 0 Å². The van der Waals surface area contributed by atoms with Crippen LogP contribution in [0.1, 0.15) is 43.4 Å². The second-order valence-electron chi connectivity index (χ2n) is 5.51. The molecule has 1 fully saturated rings. The van der Waals surface area contributed by atoms with Gasteiger partial charge in [0.1, 0.15) is 5.75 Å². The van der Waals surface area contributed by atoms with Gasteiger partial charge in [0.25, 0.3) is 0 Å². The fourth-order valence-corrected chi connectivity index (χ4v) is 2.97. The molecule has 4 nitrogen and oxygen atoms in total. The lowest BCUT2D eigenvalue weighted by atomic mass is 9.94. The molecule has 0 radical (unpaired) electrons. The van der Waals surface area contributed by atoms with Gasteiger partial charge in [-0.1, -0.05) is 31.5 Å². The van der Waals surface area contributed by atoms with E-state index in [0.717, 1.165) is 11.1 Å². The van der Waals surface area contributed by atoms with E-state index in [-0.39, 0.29) is 12.0 Å². The van der Waals surface area contributed by atoms with Gasteiger partial charge in [-0.05, 0) is 29.5 Å². The quantitative estimate of drug-likeness (QED) is 0.896. The first-order chi connectivity index (χ1) is 9.43. The van der Waals surface area contributed by atoms with E-state index in [0.29, 0.717) is 29.7 Å². The van der Waals surface area contributed by atoms with Gasteiger partial charge in [0.2, 0.25) is 0 Å². The zero-order valence-corrected chi connectivity index (χ0v) is 12.7. The summed E-state index contributed by atoms with van der Waals surface area (Å²) in [4.78, 5) is 11.0. The van der Waals surface area contributed by atoms with Crippen molar-refractivity contribution in [1.82, 2.24) is 5.32 Å². The molecule has 1 aliphatic heterocycles. The van der Waals surface area contributed by atoms with Crippen LogP contribution in [0, 0.1) is 5.92 Å². The van der Waals surface area contributed by atoms with E-state index in [9.17, 15) is 4.79 Å². The van der Waals surface area contributed by atoms with Crippen LogP contribution in [0.2, 0.25) is 5.02 Å². The molecule has 1 aliphatic rings. The molecule has 1 saturated heterocycles. The molecular formula is C15H20ClNO3. The highest BCUT2D eigenvalue weighted by molar-refractivity contribution is 6.32. The summed E-state index contributed by atoms with van der Waals surface area (Å²) in [5, 5.41) is 12.9. The second kappa shape index (κ2) is 6.02. The second-order valence-corrected chi connectivity index (χ2v) is 5.92. The Balaban J connectivity index is 2.32. The van der Waals surface area contributed by atoms with Gasteiger partial charge in [0, 0.05) is 12.6 Å². The lowest BCUT2D eigenvalue weighted by molar-refractivity contribution is -0.141. The van der Waals surface area contributed by atoms with Crippen molar-refractivity contribution in [2.24, 2.45) is 5.92 Å². The maximum absolute atomic E-state index is 11.0. The number of carbonyl (C=O) groups is 1. The predicted molar refractivity (Wildman–Crippen MR) is 78.6 cm³/mol. The van der Waals surface area contributed by atoms with Gasteiger partial charge in [-0.25, -0.2) is 0 Å². The minimum atomic E-state index is -0.747. The van der Waals surface area contributed by atoms with E-state index in [1.165, 1.54) is 0 Å². The molecule has 0 saturated carbocycles. The van der Waals surface area contributed by atoms with E-state index in [4.69, 9.17) is 21.4 Å². The highest BCUT2D eigenvalue weighted by Crippen LogP contribution is 2.38. The first-order valence-corrected chi connectivity index (χ1v) is 7.15. The Morgan fingerprint density at radius 1 is 1.50 bits per heavy atom. The number of hydrogen-bond donors (Lipinski definition) is 2. The molecule has 2 atom stereocenters. The highest BCUT2D eigenvalue weighted by Gasteiger charge is 2.31. The number of carboxylic acids is 1. The van der Waals surface area contributed by atoms with Gasteiger partial charge >= 0.3 is 5.97 Å². The average molecular weight is 298 g/mol. The van der Waals surface area contributed by atoms with Crippen molar-refractivity contribution in [2.45, 2.75) is 32.2 Å². The fourth-order valence-electron chi connectivity index (χ4n) is 2.66. The molecule has 0 bridgehead atoms. The molecule has 1 heterocycles. The van der Waals surface area contributed by atoms with Gasteiger partial charge in [-0.2, -0.15) is 0 Å². The van der Waals surface area contributed by atoms with Crippen LogP contribution in [0.4, 0.5) is 0 Å². The highest BCUT2D eigenvalue weighted by atomic mass is 35.5. The topological polar surface area (TPSA) is 58.6 Å². The van der Waals surface area contributed by atoms with Gasteiger partial charge in [0.05, 0.1) is 18.1 Å². The molecule has 5 heteroatoms. The van der Waals surface area contributed by atoms with E-state index in [1.807, 2.05) is 6.07 Å². The number of aliphatic carboxylic acids is 1. The zero-order valence-electron chi connectivity index (χ0n) is 11.9. The largest absolute Gasteiger partial charge is 0.495 e. The van der Waals surface area contributed by atoms with Crippen LogP contribution in [-0.4, -0.2) is 24.7 Å². The van der Waals surface area contributed by atoms with Crippen molar-refractivity contribution in [2.75, 3.05) is 13.7 Å². The van der Waals surface area contributed by atoms with Crippen LogP contribution in [0.5, 0.6) is 5.75 Å². The Kier molecular flexibility index (Phi) is 4.55. The molecule has 110 valence electrons. The number of ether oxygens (including phenoxy) is 1. The SMILES string of the molecule is COc1c(Cl)cc(C2CC(C(=O)O)CN2)cc1C(C)C. The standard InChI is InChI=1S/C15H20ClNO3/c1-8(2)11-4-9(5-12(16)14(11)20-3)13-6-10(7-17-13)15(18)19/h4-5,8,10,13,17H,6-7H2,1-3H3,(H,18,19). The van der Waals surface area contributed by atoms with Crippen molar-refractivity contribution in [3.05, 3.63) is 28.3 Å². The van der Waals surface area contributed by atoms with Crippen LogP contribution in [0.25, 0.3) is 0 Å². The number of carboxylic acid groups (broad SMARTS) is 1. The monoisotopic (exact) mass is 297 g/mol. The Morgan fingerprint density at radius 3 is 2.70 bits per heavy atom. The summed E-state index contributed by atoms with van der Waals surface area (Å²) in [6.07, 6.45) is 0.593. The minimum Gasteiger partial charge on any atom is -0.495 e. The number of methoxy groups -OCH3 is 1. The summed E-state index contributed by atoms with van der Waals surface area (Å²) in [6.45, 7) is 4.67. The Hall–Kier alpha value is -1.26. The smallest absolute Gasteiger partial charge is 0.307 e. The molecule has 20 heavy (non-hydrogen) atoms. The van der Waals surface area contributed by atoms with Crippen LogP contribution < -0.4 is 10.1 Å². The average Bonchev–Trinajstić information content (AvgIpc) is 2.87. The number of benzene rings is 1. The van der Waals surface area contributed by atoms with E-state index < -0.39 is 5.97 Å². The van der Waals surface area contributed by atoms with E-state index >= 15 is 0 Å². The Bertz CT molecular complexity index is 516. The van der Waals surface area contributed by atoms with Crippen molar-refractivity contribution < 1.29 is 14.6 Å². The molecule has 0 aromatic heterocycles. The van der Waals surface area contributed by atoms with Crippen molar-refractivity contribution in [3.63, 3.8) is 0 Å². The maximum atomic E-state index is 11.0. The molecule has 0 amide bonds. The van der Waals surface area contributed by atoms with Crippen molar-refractivity contribution >= 4 is 17.6 Å². The van der Waals surface area contributed by atoms with Crippen molar-refractivity contribution in [1.29, 1.82) is 0 Å². The zero-order chi connectivity index (χ0) is 14.9. The summed E-state index contributed by atoms with van der Waals surface area (Å²) in [5.41, 5.74) is 2.08. The minimum absolute atomic E-state index is 0.0389. The third-order valence-corrected chi connectivity index (χ3v) is 4.08. The van der Waals surface area contributed by atoms with Gasteiger partial charge in [0.15, 0.2) is 0 Å². The maximum Gasteiger partial charge on any atom is 0.307 e. The van der Waals surface area contributed by atoms with Gasteiger partial charge in [-0.3, -0.25) is 4.79 Å². The molecular weight excluding hydrogens is 278 g/mol. The van der Waals surface area contributed by atoms with Gasteiger partial charge < -0.3 is 15.2 Å². The third-order valence-electron chi connectivity index (χ3n) is 3.80. The molecule has 1 aromatic carbocycles.